The molecule has 1 aliphatic heterocycles. The van der Waals surface area contributed by atoms with Crippen LogP contribution in [0.1, 0.15) is 36.1 Å². The molecule has 38 heavy (non-hydrogen) atoms. The molecule has 0 saturated carbocycles. The van der Waals surface area contributed by atoms with E-state index in [0.717, 1.165) is 20.2 Å². The fourth-order valence-electron chi connectivity index (χ4n) is 6.98. The van der Waals surface area contributed by atoms with Crippen molar-refractivity contribution in [3.05, 3.63) is 142 Å². The monoisotopic (exact) mass is 507 g/mol. The van der Waals surface area contributed by atoms with Crippen molar-refractivity contribution in [3.8, 4) is 11.1 Å². The maximum atomic E-state index is 13.9. The van der Waals surface area contributed by atoms with Gasteiger partial charge in [-0.1, -0.05) is 72.8 Å². The Morgan fingerprint density at radius 3 is 1.92 bits per heavy atom. The van der Waals surface area contributed by atoms with Gasteiger partial charge in [0.15, 0.2) is 5.43 Å². The van der Waals surface area contributed by atoms with E-state index in [0.29, 0.717) is 6.04 Å². The molecule has 1 spiro atoms. The third-order valence-electron chi connectivity index (χ3n) is 8.39. The second-order valence-corrected chi connectivity index (χ2v) is 11.7. The molecule has 0 atom stereocenters. The van der Waals surface area contributed by atoms with Crippen molar-refractivity contribution in [1.29, 1.82) is 0 Å². The number of nitrogens with zero attached hydrogens (tertiary/aromatic N) is 1. The Bertz CT molecular complexity index is 1950. The van der Waals surface area contributed by atoms with Gasteiger partial charge in [-0.05, 0) is 83.6 Å². The highest BCUT2D eigenvalue weighted by molar-refractivity contribution is 7.24. The topological polar surface area (TPSA) is 20.3 Å². The lowest BCUT2D eigenvalue weighted by atomic mass is 9.64. The van der Waals surface area contributed by atoms with Gasteiger partial charge in [0, 0.05) is 37.6 Å². The van der Waals surface area contributed by atoms with E-state index in [4.69, 9.17) is 0 Å². The molecule has 6 aromatic rings. The fourth-order valence-corrected chi connectivity index (χ4v) is 8.08. The number of hydrogen-bond donors (Lipinski definition) is 0. The van der Waals surface area contributed by atoms with Gasteiger partial charge in [0.25, 0.3) is 0 Å². The van der Waals surface area contributed by atoms with Gasteiger partial charge in [0.05, 0.1) is 5.41 Å². The number of para-hydroxylation sites is 2. The summed E-state index contributed by atoms with van der Waals surface area (Å²) in [4.78, 5) is 16.3. The van der Waals surface area contributed by atoms with E-state index in [2.05, 4.69) is 110 Å². The molecule has 0 saturated heterocycles. The zero-order chi connectivity index (χ0) is 25.6. The first-order chi connectivity index (χ1) is 18.6. The molecule has 3 heteroatoms. The minimum absolute atomic E-state index is 0.115. The predicted octanol–water partition coefficient (Wildman–Crippen LogP) is 8.64. The number of anilines is 2. The molecule has 0 amide bonds. The van der Waals surface area contributed by atoms with Crippen molar-refractivity contribution < 1.29 is 0 Å². The van der Waals surface area contributed by atoms with Crippen molar-refractivity contribution >= 4 is 42.9 Å². The molecule has 0 unspecified atom stereocenters. The van der Waals surface area contributed by atoms with Gasteiger partial charge >= 0.3 is 0 Å². The minimum atomic E-state index is -0.499. The fraction of sp³-hybridized carbons (Fsp3) is 0.114. The van der Waals surface area contributed by atoms with Crippen LogP contribution in [0.3, 0.4) is 0 Å². The highest BCUT2D eigenvalue weighted by atomic mass is 32.1. The summed E-state index contributed by atoms with van der Waals surface area (Å²) < 4.78 is 2.08. The first kappa shape index (κ1) is 21.8. The van der Waals surface area contributed by atoms with Crippen LogP contribution in [0.25, 0.3) is 31.3 Å². The summed E-state index contributed by atoms with van der Waals surface area (Å²) in [6, 6.07) is 39.3. The van der Waals surface area contributed by atoms with Gasteiger partial charge in [-0.2, -0.15) is 0 Å². The van der Waals surface area contributed by atoms with Gasteiger partial charge in [0.2, 0.25) is 0 Å². The lowest BCUT2D eigenvalue weighted by molar-refractivity contribution is 0.700. The SMILES string of the molecule is CC(C)N1c2ccccc2C2(c3ccccc3-c3cc4sc5ccccc5c(=O)c4cc32)c2ccccc21. The number of benzene rings is 5. The van der Waals surface area contributed by atoms with Crippen molar-refractivity contribution in [2.75, 3.05) is 4.90 Å². The molecule has 8 rings (SSSR count). The predicted molar refractivity (Wildman–Crippen MR) is 160 cm³/mol. The quantitative estimate of drug-likeness (QED) is 0.207. The Morgan fingerprint density at radius 1 is 0.605 bits per heavy atom. The standard InChI is InChI=1S/C35H25NOS/c1-21(2)36-30-16-8-6-14-27(30)35(28-15-7-9-17-31(28)36)26-13-5-3-11-22(26)24-20-33-25(19-29(24)35)34(37)23-12-4-10-18-32(23)38-33/h3-21H,1-2H3. The van der Waals surface area contributed by atoms with Crippen LogP contribution in [0.5, 0.6) is 0 Å². The molecule has 182 valence electrons. The molecule has 2 aliphatic rings. The first-order valence-corrected chi connectivity index (χ1v) is 14.0. The lowest BCUT2D eigenvalue weighted by Crippen LogP contribution is -2.40. The summed E-state index contributed by atoms with van der Waals surface area (Å²) in [6.07, 6.45) is 0. The van der Waals surface area contributed by atoms with E-state index in [1.165, 1.54) is 44.8 Å². The third-order valence-corrected chi connectivity index (χ3v) is 9.53. The average molecular weight is 508 g/mol. The van der Waals surface area contributed by atoms with Crippen LogP contribution in [0.2, 0.25) is 0 Å². The summed E-state index contributed by atoms with van der Waals surface area (Å²) >= 11 is 1.71. The Balaban J connectivity index is 1.59. The van der Waals surface area contributed by atoms with Crippen molar-refractivity contribution in [2.45, 2.75) is 25.3 Å². The van der Waals surface area contributed by atoms with Gasteiger partial charge in [-0.25, -0.2) is 0 Å². The average Bonchev–Trinajstić information content (AvgIpc) is 3.22. The van der Waals surface area contributed by atoms with E-state index in [1.54, 1.807) is 11.3 Å². The van der Waals surface area contributed by atoms with Gasteiger partial charge in [-0.15, -0.1) is 11.3 Å². The molecular formula is C35H25NOS. The number of fused-ring (bicyclic) bond motifs is 11. The summed E-state index contributed by atoms with van der Waals surface area (Å²) in [6.45, 7) is 4.51. The zero-order valence-corrected chi connectivity index (χ0v) is 22.0. The summed E-state index contributed by atoms with van der Waals surface area (Å²) in [5.74, 6) is 0. The van der Waals surface area contributed by atoms with Crippen LogP contribution in [0, 0.1) is 0 Å². The van der Waals surface area contributed by atoms with Crippen LogP contribution in [-0.4, -0.2) is 6.04 Å². The molecule has 0 bridgehead atoms. The molecule has 0 N–H and O–H groups in total. The first-order valence-electron chi connectivity index (χ1n) is 13.2. The van der Waals surface area contributed by atoms with E-state index in [-0.39, 0.29) is 5.43 Å². The highest BCUT2D eigenvalue weighted by Gasteiger charge is 2.51. The maximum Gasteiger partial charge on any atom is 0.195 e. The Morgan fingerprint density at radius 2 is 1.21 bits per heavy atom. The molecule has 0 radical (unpaired) electrons. The lowest BCUT2D eigenvalue weighted by Gasteiger charge is -2.46. The Hall–Kier alpha value is -4.21. The molecule has 2 nitrogen and oxygen atoms in total. The van der Waals surface area contributed by atoms with Gasteiger partial charge in [0.1, 0.15) is 0 Å². The minimum Gasteiger partial charge on any atom is -0.338 e. The number of rotatable bonds is 1. The molecule has 5 aromatic carbocycles. The van der Waals surface area contributed by atoms with Crippen LogP contribution in [-0.2, 0) is 5.41 Å². The smallest absolute Gasteiger partial charge is 0.195 e. The largest absolute Gasteiger partial charge is 0.338 e. The number of hydrogen-bond acceptors (Lipinski definition) is 3. The van der Waals surface area contributed by atoms with Crippen molar-refractivity contribution in [1.82, 2.24) is 0 Å². The Kier molecular flexibility index (Phi) is 4.40. The van der Waals surface area contributed by atoms with Crippen LogP contribution in [0.4, 0.5) is 11.4 Å². The Labute approximate surface area is 225 Å². The summed E-state index contributed by atoms with van der Waals surface area (Å²) in [5, 5.41) is 1.60. The van der Waals surface area contributed by atoms with E-state index in [9.17, 15) is 4.79 Å². The summed E-state index contributed by atoms with van der Waals surface area (Å²) in [7, 11) is 0. The summed E-state index contributed by atoms with van der Waals surface area (Å²) in [5.41, 5.74) is 9.59. The van der Waals surface area contributed by atoms with Gasteiger partial charge in [-0.3, -0.25) is 4.79 Å². The van der Waals surface area contributed by atoms with E-state index < -0.39 is 5.41 Å². The highest BCUT2D eigenvalue weighted by Crippen LogP contribution is 2.62. The van der Waals surface area contributed by atoms with Crippen molar-refractivity contribution in [3.63, 3.8) is 0 Å². The van der Waals surface area contributed by atoms with Crippen LogP contribution >= 0.6 is 11.3 Å². The molecule has 2 heterocycles. The zero-order valence-electron chi connectivity index (χ0n) is 21.2. The van der Waals surface area contributed by atoms with Crippen LogP contribution < -0.4 is 10.3 Å². The molecule has 1 aromatic heterocycles. The molecule has 0 fully saturated rings. The third kappa shape index (κ3) is 2.59. The van der Waals surface area contributed by atoms with Crippen LogP contribution in [0.15, 0.2) is 114 Å². The normalized spacial score (nSPS) is 14.6. The second kappa shape index (κ2) is 7.66. The molecule has 1 aliphatic carbocycles. The molecular weight excluding hydrogens is 482 g/mol. The van der Waals surface area contributed by atoms with Crippen molar-refractivity contribution in [2.24, 2.45) is 0 Å². The maximum absolute atomic E-state index is 13.9. The van der Waals surface area contributed by atoms with E-state index in [1.807, 2.05) is 18.2 Å². The van der Waals surface area contributed by atoms with Gasteiger partial charge < -0.3 is 4.90 Å². The van der Waals surface area contributed by atoms with E-state index >= 15 is 0 Å². The second-order valence-electron chi connectivity index (χ2n) is 10.6.